The van der Waals surface area contributed by atoms with Crippen molar-refractivity contribution in [1.29, 1.82) is 0 Å². The molecule has 1 rings (SSSR count). The van der Waals surface area contributed by atoms with Crippen LogP contribution in [0.5, 0.6) is 0 Å². The van der Waals surface area contributed by atoms with Crippen LogP contribution in [0.25, 0.3) is 0 Å². The maximum Gasteiger partial charge on any atom is 0.251 e. The van der Waals surface area contributed by atoms with Crippen molar-refractivity contribution in [1.82, 2.24) is 5.32 Å². The van der Waals surface area contributed by atoms with E-state index in [2.05, 4.69) is 10.0 Å². The standard InChI is InChI=1S/C14H22N2O3S/c1-5-12(6-2)15-14(17)11-8-7-10(3)13(9-11)16-20(4,18)19/h7-9,12,16H,5-6H2,1-4H3,(H,15,17). The van der Waals surface area contributed by atoms with E-state index in [1.165, 1.54) is 0 Å². The van der Waals surface area contributed by atoms with Crippen LogP contribution in [0.2, 0.25) is 0 Å². The third-order valence-corrected chi connectivity index (χ3v) is 3.71. The average molecular weight is 298 g/mol. The molecular formula is C14H22N2O3S. The Hall–Kier alpha value is -1.56. The molecule has 1 aromatic rings. The molecule has 0 aliphatic rings. The van der Waals surface area contributed by atoms with Crippen molar-refractivity contribution in [3.63, 3.8) is 0 Å². The first-order valence-corrected chi connectivity index (χ1v) is 8.55. The van der Waals surface area contributed by atoms with Gasteiger partial charge in [-0.1, -0.05) is 19.9 Å². The number of nitrogens with one attached hydrogen (secondary N) is 2. The molecule has 0 spiro atoms. The van der Waals surface area contributed by atoms with E-state index in [9.17, 15) is 13.2 Å². The van der Waals surface area contributed by atoms with Gasteiger partial charge in [0.2, 0.25) is 10.0 Å². The van der Waals surface area contributed by atoms with Crippen LogP contribution in [0.1, 0.15) is 42.6 Å². The minimum atomic E-state index is -3.36. The number of carbonyl (C=O) groups excluding carboxylic acids is 1. The molecule has 0 aromatic heterocycles. The number of benzene rings is 1. The minimum Gasteiger partial charge on any atom is -0.349 e. The summed E-state index contributed by atoms with van der Waals surface area (Å²) in [5, 5.41) is 2.93. The maximum atomic E-state index is 12.1. The fraction of sp³-hybridized carbons (Fsp3) is 0.500. The van der Waals surface area contributed by atoms with Gasteiger partial charge < -0.3 is 5.32 Å². The molecule has 0 saturated carbocycles. The van der Waals surface area contributed by atoms with Crippen LogP contribution in [0.3, 0.4) is 0 Å². The summed E-state index contributed by atoms with van der Waals surface area (Å²) in [6.45, 7) is 5.82. The molecule has 0 aliphatic heterocycles. The van der Waals surface area contributed by atoms with Crippen LogP contribution in [-0.2, 0) is 10.0 Å². The molecule has 0 radical (unpaired) electrons. The van der Waals surface area contributed by atoms with Gasteiger partial charge in [0, 0.05) is 11.6 Å². The number of hydrogen-bond donors (Lipinski definition) is 2. The Labute approximate surface area is 120 Å². The number of carbonyl (C=O) groups is 1. The van der Waals surface area contributed by atoms with Gasteiger partial charge in [-0.05, 0) is 37.5 Å². The second-order valence-corrected chi connectivity index (χ2v) is 6.64. The molecule has 0 fully saturated rings. The Kier molecular flexibility index (Phi) is 5.56. The van der Waals surface area contributed by atoms with Gasteiger partial charge in [-0.3, -0.25) is 9.52 Å². The zero-order valence-electron chi connectivity index (χ0n) is 12.4. The van der Waals surface area contributed by atoms with E-state index < -0.39 is 10.0 Å². The number of sulfonamides is 1. The third kappa shape index (κ3) is 4.85. The van der Waals surface area contributed by atoms with Crippen molar-refractivity contribution in [2.75, 3.05) is 11.0 Å². The molecule has 1 aromatic carbocycles. The van der Waals surface area contributed by atoms with Crippen molar-refractivity contribution in [2.45, 2.75) is 39.7 Å². The molecule has 0 aliphatic carbocycles. The van der Waals surface area contributed by atoms with Crippen molar-refractivity contribution < 1.29 is 13.2 Å². The van der Waals surface area contributed by atoms with Crippen LogP contribution >= 0.6 is 0 Å². The number of anilines is 1. The lowest BCUT2D eigenvalue weighted by Crippen LogP contribution is -2.33. The highest BCUT2D eigenvalue weighted by molar-refractivity contribution is 7.92. The summed E-state index contributed by atoms with van der Waals surface area (Å²) in [6, 6.07) is 5.12. The molecule has 0 bridgehead atoms. The van der Waals surface area contributed by atoms with Crippen molar-refractivity contribution in [3.8, 4) is 0 Å². The normalized spacial score (nSPS) is 11.4. The summed E-state index contributed by atoms with van der Waals surface area (Å²) in [5.41, 5.74) is 1.66. The summed E-state index contributed by atoms with van der Waals surface area (Å²) in [5.74, 6) is -0.185. The van der Waals surface area contributed by atoms with Gasteiger partial charge in [0.05, 0.1) is 11.9 Å². The summed E-state index contributed by atoms with van der Waals surface area (Å²) < 4.78 is 25.0. The molecule has 1 amide bonds. The lowest BCUT2D eigenvalue weighted by Gasteiger charge is -2.15. The maximum absolute atomic E-state index is 12.1. The van der Waals surface area contributed by atoms with Crippen LogP contribution in [0.15, 0.2) is 18.2 Å². The first kappa shape index (κ1) is 16.5. The Morgan fingerprint density at radius 1 is 1.25 bits per heavy atom. The number of hydrogen-bond acceptors (Lipinski definition) is 3. The van der Waals surface area contributed by atoms with Gasteiger partial charge >= 0.3 is 0 Å². The molecule has 2 N–H and O–H groups in total. The average Bonchev–Trinajstić information content (AvgIpc) is 2.36. The van der Waals surface area contributed by atoms with E-state index in [0.29, 0.717) is 11.3 Å². The van der Waals surface area contributed by atoms with E-state index in [-0.39, 0.29) is 11.9 Å². The molecule has 0 atom stereocenters. The first-order valence-electron chi connectivity index (χ1n) is 6.66. The van der Waals surface area contributed by atoms with Crippen LogP contribution in [-0.4, -0.2) is 26.6 Å². The predicted molar refractivity (Wildman–Crippen MR) is 81.5 cm³/mol. The second kappa shape index (κ2) is 6.74. The van der Waals surface area contributed by atoms with Crippen molar-refractivity contribution >= 4 is 21.6 Å². The van der Waals surface area contributed by atoms with E-state index in [1.807, 2.05) is 13.8 Å². The highest BCUT2D eigenvalue weighted by Gasteiger charge is 2.13. The van der Waals surface area contributed by atoms with Gasteiger partial charge in [0.25, 0.3) is 5.91 Å². The lowest BCUT2D eigenvalue weighted by molar-refractivity contribution is 0.0935. The molecule has 0 saturated heterocycles. The zero-order chi connectivity index (χ0) is 15.3. The summed E-state index contributed by atoms with van der Waals surface area (Å²) >= 11 is 0. The molecule has 6 heteroatoms. The van der Waals surface area contributed by atoms with E-state index in [0.717, 1.165) is 24.7 Å². The Balaban J connectivity index is 2.97. The molecule has 112 valence electrons. The van der Waals surface area contributed by atoms with Crippen LogP contribution in [0, 0.1) is 6.92 Å². The molecule has 5 nitrogen and oxygen atoms in total. The van der Waals surface area contributed by atoms with Gasteiger partial charge in [0.15, 0.2) is 0 Å². The summed E-state index contributed by atoms with van der Waals surface area (Å²) in [7, 11) is -3.36. The van der Waals surface area contributed by atoms with Gasteiger partial charge in [0.1, 0.15) is 0 Å². The SMILES string of the molecule is CCC(CC)NC(=O)c1ccc(C)c(NS(C)(=O)=O)c1. The minimum absolute atomic E-state index is 0.134. The highest BCUT2D eigenvalue weighted by Crippen LogP contribution is 2.18. The van der Waals surface area contributed by atoms with Gasteiger partial charge in [-0.2, -0.15) is 0 Å². The third-order valence-electron chi connectivity index (χ3n) is 3.12. The quantitative estimate of drug-likeness (QED) is 0.846. The Bertz CT molecular complexity index is 578. The smallest absolute Gasteiger partial charge is 0.251 e. The van der Waals surface area contributed by atoms with Crippen molar-refractivity contribution in [2.24, 2.45) is 0 Å². The fourth-order valence-corrected chi connectivity index (χ4v) is 2.45. The summed E-state index contributed by atoms with van der Waals surface area (Å²) in [4.78, 5) is 12.1. The first-order chi connectivity index (χ1) is 9.26. The predicted octanol–water partition coefficient (Wildman–Crippen LogP) is 2.28. The second-order valence-electron chi connectivity index (χ2n) is 4.89. The largest absolute Gasteiger partial charge is 0.349 e. The number of aryl methyl sites for hydroxylation is 1. The van der Waals surface area contributed by atoms with Crippen LogP contribution in [0.4, 0.5) is 5.69 Å². The van der Waals surface area contributed by atoms with Gasteiger partial charge in [-0.15, -0.1) is 0 Å². The monoisotopic (exact) mass is 298 g/mol. The van der Waals surface area contributed by atoms with E-state index in [4.69, 9.17) is 0 Å². The Morgan fingerprint density at radius 2 is 1.85 bits per heavy atom. The Morgan fingerprint density at radius 3 is 2.35 bits per heavy atom. The highest BCUT2D eigenvalue weighted by atomic mass is 32.2. The van der Waals surface area contributed by atoms with Gasteiger partial charge in [-0.25, -0.2) is 8.42 Å². The zero-order valence-corrected chi connectivity index (χ0v) is 13.2. The molecular weight excluding hydrogens is 276 g/mol. The van der Waals surface area contributed by atoms with E-state index >= 15 is 0 Å². The molecule has 0 unspecified atom stereocenters. The van der Waals surface area contributed by atoms with Crippen LogP contribution < -0.4 is 10.0 Å². The topological polar surface area (TPSA) is 75.3 Å². The lowest BCUT2D eigenvalue weighted by atomic mass is 10.1. The molecule has 20 heavy (non-hydrogen) atoms. The molecule has 0 heterocycles. The number of amides is 1. The van der Waals surface area contributed by atoms with Crippen molar-refractivity contribution in [3.05, 3.63) is 29.3 Å². The van der Waals surface area contributed by atoms with E-state index in [1.54, 1.807) is 25.1 Å². The fourth-order valence-electron chi connectivity index (χ4n) is 1.83. The summed E-state index contributed by atoms with van der Waals surface area (Å²) in [6.07, 6.45) is 2.81. The number of rotatable bonds is 6.